The van der Waals surface area contributed by atoms with Gasteiger partial charge in [0.25, 0.3) is 0 Å². The van der Waals surface area contributed by atoms with Crippen molar-refractivity contribution in [2.45, 2.75) is 25.3 Å². The van der Waals surface area contributed by atoms with E-state index in [-0.39, 0.29) is 12.1 Å². The lowest BCUT2D eigenvalue weighted by atomic mass is 10.1. The van der Waals surface area contributed by atoms with E-state index in [1.165, 1.54) is 12.1 Å². The van der Waals surface area contributed by atoms with Crippen LogP contribution in [0.1, 0.15) is 19.3 Å². The van der Waals surface area contributed by atoms with Crippen LogP contribution in [-0.2, 0) is 0 Å². The van der Waals surface area contributed by atoms with Crippen LogP contribution in [0.4, 0.5) is 16.2 Å². The van der Waals surface area contributed by atoms with E-state index < -0.39 is 0 Å². The van der Waals surface area contributed by atoms with Crippen LogP contribution in [0.3, 0.4) is 0 Å². The molecule has 2 saturated heterocycles. The van der Waals surface area contributed by atoms with Crippen LogP contribution in [0.5, 0.6) is 5.75 Å². The average molecular weight is 409 g/mol. The second kappa shape index (κ2) is 9.85. The van der Waals surface area contributed by atoms with E-state index in [1.54, 1.807) is 7.11 Å². The zero-order chi connectivity index (χ0) is 20.8. The second-order valence-electron chi connectivity index (χ2n) is 8.04. The highest BCUT2D eigenvalue weighted by Crippen LogP contribution is 2.28. The van der Waals surface area contributed by atoms with Gasteiger partial charge in [-0.3, -0.25) is 9.80 Å². The topological polar surface area (TPSA) is 48.1 Å². The molecule has 0 spiro atoms. The van der Waals surface area contributed by atoms with Crippen LogP contribution in [0.2, 0.25) is 0 Å². The molecule has 160 valence electrons. The van der Waals surface area contributed by atoms with Gasteiger partial charge < -0.3 is 15.0 Å². The van der Waals surface area contributed by atoms with E-state index in [1.807, 2.05) is 47.4 Å². The zero-order valence-electron chi connectivity index (χ0n) is 17.8. The van der Waals surface area contributed by atoms with Crippen LogP contribution in [0, 0.1) is 0 Å². The number of carbonyl (C=O) groups is 1. The van der Waals surface area contributed by atoms with Gasteiger partial charge >= 0.3 is 6.03 Å². The molecule has 2 amide bonds. The largest absolute Gasteiger partial charge is 0.495 e. The van der Waals surface area contributed by atoms with Crippen LogP contribution in [0.25, 0.3) is 0 Å². The molecule has 1 unspecified atom stereocenters. The minimum Gasteiger partial charge on any atom is -0.495 e. The number of nitrogens with zero attached hydrogens (tertiary/aromatic N) is 3. The molecule has 4 rings (SSSR count). The number of para-hydroxylation sites is 3. The van der Waals surface area contributed by atoms with Crippen LogP contribution < -0.4 is 19.9 Å². The monoisotopic (exact) mass is 408 g/mol. The van der Waals surface area contributed by atoms with Gasteiger partial charge in [0.2, 0.25) is 0 Å². The molecule has 6 heteroatoms. The van der Waals surface area contributed by atoms with Crippen molar-refractivity contribution in [3.05, 3.63) is 54.6 Å². The van der Waals surface area contributed by atoms with Crippen molar-refractivity contribution in [2.24, 2.45) is 0 Å². The Balaban J connectivity index is 1.20. The smallest absolute Gasteiger partial charge is 0.322 e. The molecule has 6 nitrogen and oxygen atoms in total. The van der Waals surface area contributed by atoms with Gasteiger partial charge in [-0.2, -0.15) is 0 Å². The molecule has 30 heavy (non-hydrogen) atoms. The van der Waals surface area contributed by atoms with Gasteiger partial charge in [0.1, 0.15) is 5.75 Å². The first-order chi connectivity index (χ1) is 14.8. The molecule has 2 aliphatic heterocycles. The number of hydrogen-bond acceptors (Lipinski definition) is 4. The van der Waals surface area contributed by atoms with Crippen molar-refractivity contribution >= 4 is 17.4 Å². The number of anilines is 2. The highest BCUT2D eigenvalue weighted by Gasteiger charge is 2.31. The van der Waals surface area contributed by atoms with E-state index in [0.29, 0.717) is 0 Å². The van der Waals surface area contributed by atoms with Crippen molar-refractivity contribution in [1.82, 2.24) is 10.2 Å². The van der Waals surface area contributed by atoms with Crippen molar-refractivity contribution < 1.29 is 9.53 Å². The van der Waals surface area contributed by atoms with Gasteiger partial charge in [-0.05, 0) is 43.7 Å². The van der Waals surface area contributed by atoms with E-state index >= 15 is 0 Å². The van der Waals surface area contributed by atoms with E-state index in [2.05, 4.69) is 27.2 Å². The Morgan fingerprint density at radius 3 is 2.47 bits per heavy atom. The zero-order valence-corrected chi connectivity index (χ0v) is 17.8. The summed E-state index contributed by atoms with van der Waals surface area (Å²) in [4.78, 5) is 19.1. The van der Waals surface area contributed by atoms with Gasteiger partial charge in [-0.25, -0.2) is 4.79 Å². The van der Waals surface area contributed by atoms with Crippen LogP contribution in [-0.4, -0.2) is 63.4 Å². The number of carbonyl (C=O) groups excluding carboxylic acids is 1. The van der Waals surface area contributed by atoms with Gasteiger partial charge in [-0.15, -0.1) is 0 Å². The SMILES string of the molecule is COc1ccccc1N1CCN(CCCCC2CNC(=O)N2c2ccccc2)CC1. The van der Waals surface area contributed by atoms with Crippen molar-refractivity contribution in [3.63, 3.8) is 0 Å². The maximum absolute atomic E-state index is 12.3. The quantitative estimate of drug-likeness (QED) is 0.678. The number of hydrogen-bond donors (Lipinski definition) is 1. The first-order valence-corrected chi connectivity index (χ1v) is 11.0. The first-order valence-electron chi connectivity index (χ1n) is 11.0. The highest BCUT2D eigenvalue weighted by atomic mass is 16.5. The van der Waals surface area contributed by atoms with E-state index in [4.69, 9.17) is 4.74 Å². The maximum atomic E-state index is 12.3. The third-order valence-corrected chi connectivity index (χ3v) is 6.17. The molecular formula is C24H32N4O2. The number of ether oxygens (including phenoxy) is 1. The Labute approximate surface area is 179 Å². The second-order valence-corrected chi connectivity index (χ2v) is 8.04. The summed E-state index contributed by atoms with van der Waals surface area (Å²) in [6.07, 6.45) is 3.34. The van der Waals surface area contributed by atoms with Gasteiger partial charge in [0, 0.05) is 38.4 Å². The predicted molar refractivity (Wildman–Crippen MR) is 122 cm³/mol. The molecule has 0 aliphatic carbocycles. The standard InChI is InChI=1S/C24H32N4O2/c1-30-23-13-6-5-12-22(23)27-17-15-26(16-18-27)14-8-7-11-21-19-25-24(29)28(21)20-9-3-2-4-10-20/h2-6,9-10,12-13,21H,7-8,11,14-19H2,1H3,(H,25,29). The third-order valence-electron chi connectivity index (χ3n) is 6.17. The van der Waals surface area contributed by atoms with Crippen molar-refractivity contribution in [3.8, 4) is 5.75 Å². The fraction of sp³-hybridized carbons (Fsp3) is 0.458. The molecule has 0 bridgehead atoms. The number of methoxy groups -OCH3 is 1. The number of benzene rings is 2. The summed E-state index contributed by atoms with van der Waals surface area (Å²) in [6.45, 7) is 6.09. The number of piperazine rings is 1. The van der Waals surface area contributed by atoms with Gasteiger partial charge in [-0.1, -0.05) is 36.8 Å². The lowest BCUT2D eigenvalue weighted by molar-refractivity contribution is 0.249. The fourth-order valence-electron chi connectivity index (χ4n) is 4.51. The predicted octanol–water partition coefficient (Wildman–Crippen LogP) is 3.59. The minimum absolute atomic E-state index is 0.0265. The summed E-state index contributed by atoms with van der Waals surface area (Å²) in [5, 5.41) is 3.00. The molecule has 1 N–H and O–H groups in total. The molecular weight excluding hydrogens is 376 g/mol. The molecule has 0 radical (unpaired) electrons. The summed E-state index contributed by atoms with van der Waals surface area (Å²) in [6, 6.07) is 18.5. The normalized spacial score (nSPS) is 19.8. The third kappa shape index (κ3) is 4.70. The maximum Gasteiger partial charge on any atom is 0.322 e. The van der Waals surface area contributed by atoms with E-state index in [0.717, 1.165) is 63.5 Å². The average Bonchev–Trinajstić information content (AvgIpc) is 3.18. The minimum atomic E-state index is 0.0265. The molecule has 2 aromatic rings. The molecule has 2 fully saturated rings. The number of rotatable bonds is 8. The fourth-order valence-corrected chi connectivity index (χ4v) is 4.51. The molecule has 2 aromatic carbocycles. The van der Waals surface area contributed by atoms with Crippen molar-refractivity contribution in [1.29, 1.82) is 0 Å². The Kier molecular flexibility index (Phi) is 6.74. The van der Waals surface area contributed by atoms with Crippen LogP contribution >= 0.6 is 0 Å². The van der Waals surface area contributed by atoms with Gasteiger partial charge in [0.05, 0.1) is 18.8 Å². The first kappa shape index (κ1) is 20.5. The highest BCUT2D eigenvalue weighted by molar-refractivity contribution is 5.94. The summed E-state index contributed by atoms with van der Waals surface area (Å²) in [5.74, 6) is 0.952. The summed E-state index contributed by atoms with van der Waals surface area (Å²) in [7, 11) is 1.74. The summed E-state index contributed by atoms with van der Waals surface area (Å²) < 4.78 is 5.51. The van der Waals surface area contributed by atoms with Gasteiger partial charge in [0.15, 0.2) is 0 Å². The molecule has 2 heterocycles. The number of amides is 2. The molecule has 2 aliphatic rings. The summed E-state index contributed by atoms with van der Waals surface area (Å²) >= 11 is 0. The Morgan fingerprint density at radius 2 is 1.70 bits per heavy atom. The number of unbranched alkanes of at least 4 members (excludes halogenated alkanes) is 1. The van der Waals surface area contributed by atoms with E-state index in [9.17, 15) is 4.79 Å². The Bertz CT molecular complexity index is 821. The lowest BCUT2D eigenvalue weighted by Gasteiger charge is -2.36. The molecule has 0 aromatic heterocycles. The van der Waals surface area contributed by atoms with Crippen molar-refractivity contribution in [2.75, 3.05) is 56.2 Å². The molecule has 0 saturated carbocycles. The molecule has 1 atom stereocenters. The Morgan fingerprint density at radius 1 is 0.967 bits per heavy atom. The summed E-state index contributed by atoms with van der Waals surface area (Å²) in [5.41, 5.74) is 2.18. The Hall–Kier alpha value is -2.73. The number of urea groups is 1. The van der Waals surface area contributed by atoms with Crippen LogP contribution in [0.15, 0.2) is 54.6 Å². The lowest BCUT2D eigenvalue weighted by Crippen LogP contribution is -2.46. The number of nitrogens with one attached hydrogen (secondary N) is 1.